The van der Waals surface area contributed by atoms with Gasteiger partial charge in [-0.3, -0.25) is 9.59 Å². The van der Waals surface area contributed by atoms with Gasteiger partial charge in [0.05, 0.1) is 0 Å². The molecule has 30 heavy (non-hydrogen) atoms. The van der Waals surface area contributed by atoms with Crippen LogP contribution in [0.25, 0.3) is 0 Å². The molecule has 0 aliphatic heterocycles. The summed E-state index contributed by atoms with van der Waals surface area (Å²) in [5.41, 5.74) is 1.70. The average Bonchev–Trinajstić information content (AvgIpc) is 2.73. The summed E-state index contributed by atoms with van der Waals surface area (Å²) in [6.45, 7) is 6.29. The second-order valence-electron chi connectivity index (χ2n) is 7.04. The number of carbonyl (C=O) groups excluding carboxylic acids is 2. The predicted molar refractivity (Wildman–Crippen MR) is 121 cm³/mol. The van der Waals surface area contributed by atoms with E-state index in [9.17, 15) is 9.59 Å². The topological polar surface area (TPSA) is 58.6 Å². The lowest BCUT2D eigenvalue weighted by Gasteiger charge is -2.31. The lowest BCUT2D eigenvalue weighted by atomic mass is 10.1. The summed E-state index contributed by atoms with van der Waals surface area (Å²) in [6, 6.07) is 12.0. The van der Waals surface area contributed by atoms with Crippen molar-refractivity contribution < 1.29 is 14.3 Å². The number of hydrogen-bond acceptors (Lipinski definition) is 3. The van der Waals surface area contributed by atoms with Crippen molar-refractivity contribution in [3.8, 4) is 5.75 Å². The van der Waals surface area contributed by atoms with E-state index in [0.717, 1.165) is 12.0 Å². The Kier molecular flexibility index (Phi) is 9.47. The molecule has 1 N–H and O–H groups in total. The van der Waals surface area contributed by atoms with Gasteiger partial charge in [0.2, 0.25) is 5.91 Å². The predicted octanol–water partition coefficient (Wildman–Crippen LogP) is 5.01. The zero-order chi connectivity index (χ0) is 22.1. The fraction of sp³-hybridized carbons (Fsp3) is 0.391. The molecular formula is C23H28Cl2N2O3. The number of benzene rings is 2. The second kappa shape index (κ2) is 11.8. The van der Waals surface area contributed by atoms with E-state index in [4.69, 9.17) is 27.9 Å². The highest BCUT2D eigenvalue weighted by Crippen LogP contribution is 2.27. The normalized spacial score (nSPS) is 11.6. The smallest absolute Gasteiger partial charge is 0.261 e. The second-order valence-corrected chi connectivity index (χ2v) is 7.85. The number of aryl methyl sites for hydroxylation is 1. The van der Waals surface area contributed by atoms with E-state index < -0.39 is 6.04 Å². The molecule has 0 saturated heterocycles. The van der Waals surface area contributed by atoms with Crippen LogP contribution in [0.15, 0.2) is 42.5 Å². The number of hydrogen-bond donors (Lipinski definition) is 1. The van der Waals surface area contributed by atoms with Gasteiger partial charge in [-0.25, -0.2) is 0 Å². The number of carbonyl (C=O) groups is 2. The van der Waals surface area contributed by atoms with E-state index >= 15 is 0 Å². The van der Waals surface area contributed by atoms with Gasteiger partial charge in [0.1, 0.15) is 11.8 Å². The minimum Gasteiger partial charge on any atom is -0.484 e. The molecule has 0 fully saturated rings. The quantitative estimate of drug-likeness (QED) is 0.552. The number of ether oxygens (including phenoxy) is 1. The van der Waals surface area contributed by atoms with Gasteiger partial charge in [0.25, 0.3) is 5.91 Å². The summed E-state index contributed by atoms with van der Waals surface area (Å²) < 4.78 is 5.67. The van der Waals surface area contributed by atoms with Crippen LogP contribution in [0.3, 0.4) is 0 Å². The van der Waals surface area contributed by atoms with E-state index in [0.29, 0.717) is 34.3 Å². The van der Waals surface area contributed by atoms with E-state index in [1.807, 2.05) is 45.0 Å². The molecule has 1 unspecified atom stereocenters. The Balaban J connectivity index is 2.25. The minimum atomic E-state index is -0.655. The molecule has 0 spiro atoms. The Hall–Kier alpha value is -2.24. The van der Waals surface area contributed by atoms with E-state index in [1.165, 1.54) is 4.90 Å². The van der Waals surface area contributed by atoms with Crippen LogP contribution in [-0.4, -0.2) is 35.9 Å². The molecule has 2 aromatic rings. The van der Waals surface area contributed by atoms with Gasteiger partial charge in [0.15, 0.2) is 6.61 Å². The summed E-state index contributed by atoms with van der Waals surface area (Å²) in [5, 5.41) is 3.77. The first-order valence-electron chi connectivity index (χ1n) is 10.1. The Morgan fingerprint density at radius 3 is 2.27 bits per heavy atom. The molecule has 2 amide bonds. The van der Waals surface area contributed by atoms with Gasteiger partial charge < -0.3 is 15.0 Å². The molecule has 5 nitrogen and oxygen atoms in total. The summed E-state index contributed by atoms with van der Waals surface area (Å²) in [7, 11) is 0. The first-order chi connectivity index (χ1) is 14.4. The standard InChI is InChI=1S/C23H28Cl2N2O3/c1-4-13-26-23(29)21(5-2)27(14-18-19(24)7-6-8-20(18)25)22(28)15-30-17-11-9-16(3)10-12-17/h6-12,21H,4-5,13-15H2,1-3H3,(H,26,29). The number of nitrogens with zero attached hydrogens (tertiary/aromatic N) is 1. The molecule has 0 heterocycles. The Bertz CT molecular complexity index is 836. The van der Waals surface area contributed by atoms with Crippen molar-refractivity contribution in [1.29, 1.82) is 0 Å². The van der Waals surface area contributed by atoms with E-state index in [-0.39, 0.29) is 25.0 Å². The van der Waals surface area contributed by atoms with Crippen molar-refractivity contribution in [2.75, 3.05) is 13.2 Å². The highest BCUT2D eigenvalue weighted by molar-refractivity contribution is 6.36. The van der Waals surface area contributed by atoms with Crippen molar-refractivity contribution in [2.24, 2.45) is 0 Å². The highest BCUT2D eigenvalue weighted by Gasteiger charge is 2.29. The lowest BCUT2D eigenvalue weighted by molar-refractivity contribution is -0.143. The van der Waals surface area contributed by atoms with Crippen molar-refractivity contribution in [2.45, 2.75) is 46.2 Å². The summed E-state index contributed by atoms with van der Waals surface area (Å²) in [4.78, 5) is 27.4. The van der Waals surface area contributed by atoms with Gasteiger partial charge in [-0.2, -0.15) is 0 Å². The number of rotatable bonds is 10. The first-order valence-corrected chi connectivity index (χ1v) is 10.8. The molecule has 162 valence electrons. The van der Waals surface area contributed by atoms with E-state index in [2.05, 4.69) is 5.32 Å². The first kappa shape index (κ1) is 24.0. The van der Waals surface area contributed by atoms with Gasteiger partial charge in [-0.15, -0.1) is 0 Å². The van der Waals surface area contributed by atoms with Crippen LogP contribution in [0.1, 0.15) is 37.8 Å². The van der Waals surface area contributed by atoms with Crippen molar-refractivity contribution in [3.05, 3.63) is 63.6 Å². The average molecular weight is 451 g/mol. The number of nitrogens with one attached hydrogen (secondary N) is 1. The fourth-order valence-corrected chi connectivity index (χ4v) is 3.52. The summed E-state index contributed by atoms with van der Waals surface area (Å²) >= 11 is 12.6. The molecule has 0 aromatic heterocycles. The van der Waals surface area contributed by atoms with Gasteiger partial charge in [-0.1, -0.05) is 60.8 Å². The maximum Gasteiger partial charge on any atom is 0.261 e. The molecule has 0 saturated carbocycles. The molecule has 0 bridgehead atoms. The number of amides is 2. The Morgan fingerprint density at radius 2 is 1.70 bits per heavy atom. The largest absolute Gasteiger partial charge is 0.484 e. The minimum absolute atomic E-state index is 0.118. The van der Waals surface area contributed by atoms with Crippen LogP contribution in [0.4, 0.5) is 0 Å². The third kappa shape index (κ3) is 6.64. The molecule has 0 aliphatic rings. The maximum atomic E-state index is 13.1. The molecule has 7 heteroatoms. The van der Waals surface area contributed by atoms with E-state index in [1.54, 1.807) is 18.2 Å². The molecule has 0 aliphatic carbocycles. The third-order valence-corrected chi connectivity index (χ3v) is 5.42. The van der Waals surface area contributed by atoms with Crippen LogP contribution >= 0.6 is 23.2 Å². The SMILES string of the molecule is CCCNC(=O)C(CC)N(Cc1c(Cl)cccc1Cl)C(=O)COc1ccc(C)cc1. The highest BCUT2D eigenvalue weighted by atomic mass is 35.5. The Morgan fingerprint density at radius 1 is 1.07 bits per heavy atom. The third-order valence-electron chi connectivity index (χ3n) is 4.71. The van der Waals surface area contributed by atoms with Gasteiger partial charge in [0, 0.05) is 28.7 Å². The van der Waals surface area contributed by atoms with Crippen LogP contribution in [0.5, 0.6) is 5.75 Å². The molecule has 2 rings (SSSR count). The molecular weight excluding hydrogens is 423 g/mol. The summed E-state index contributed by atoms with van der Waals surface area (Å²) in [5.74, 6) is 0.0735. The van der Waals surface area contributed by atoms with Crippen LogP contribution in [0.2, 0.25) is 10.0 Å². The molecule has 1 atom stereocenters. The molecule has 2 aromatic carbocycles. The lowest BCUT2D eigenvalue weighted by Crippen LogP contribution is -2.50. The Labute approximate surface area is 188 Å². The zero-order valence-corrected chi connectivity index (χ0v) is 19.1. The summed E-state index contributed by atoms with van der Waals surface area (Å²) in [6.07, 6.45) is 1.26. The van der Waals surface area contributed by atoms with Crippen LogP contribution < -0.4 is 10.1 Å². The van der Waals surface area contributed by atoms with Gasteiger partial charge in [-0.05, 0) is 44.0 Å². The fourth-order valence-electron chi connectivity index (χ4n) is 3.00. The van der Waals surface area contributed by atoms with Crippen molar-refractivity contribution in [3.63, 3.8) is 0 Å². The van der Waals surface area contributed by atoms with Crippen molar-refractivity contribution >= 4 is 35.0 Å². The zero-order valence-electron chi connectivity index (χ0n) is 17.6. The van der Waals surface area contributed by atoms with Crippen LogP contribution in [0, 0.1) is 6.92 Å². The van der Waals surface area contributed by atoms with Gasteiger partial charge >= 0.3 is 0 Å². The maximum absolute atomic E-state index is 13.1. The van der Waals surface area contributed by atoms with Crippen LogP contribution in [-0.2, 0) is 16.1 Å². The van der Waals surface area contributed by atoms with Crippen molar-refractivity contribution in [1.82, 2.24) is 10.2 Å². The number of halogens is 2. The monoisotopic (exact) mass is 450 g/mol. The molecule has 0 radical (unpaired) electrons.